The largest absolute Gasteiger partial charge is 0.391 e. The average Bonchev–Trinajstić information content (AvgIpc) is 2.48. The summed E-state index contributed by atoms with van der Waals surface area (Å²) in [6.45, 7) is 13.2. The summed E-state index contributed by atoms with van der Waals surface area (Å²) in [5.74, 6) is 0.713. The highest BCUT2D eigenvalue weighted by Gasteiger charge is 2.39. The summed E-state index contributed by atoms with van der Waals surface area (Å²) in [6.07, 6.45) is 5.38. The maximum Gasteiger partial charge on any atom is 0.0695 e. The highest BCUT2D eigenvalue weighted by molar-refractivity contribution is 4.92. The van der Waals surface area contributed by atoms with Crippen molar-refractivity contribution in [3.8, 4) is 0 Å². The third-order valence-electron chi connectivity index (χ3n) is 5.93. The molecule has 0 amide bonds. The molecule has 3 heteroatoms. The van der Waals surface area contributed by atoms with Crippen molar-refractivity contribution in [1.82, 2.24) is 4.90 Å². The van der Waals surface area contributed by atoms with Gasteiger partial charge in [-0.2, -0.15) is 0 Å². The predicted molar refractivity (Wildman–Crippen MR) is 89.5 cm³/mol. The van der Waals surface area contributed by atoms with Crippen LogP contribution in [-0.4, -0.2) is 48.5 Å². The first-order chi connectivity index (χ1) is 9.87. The Morgan fingerprint density at radius 3 is 2.48 bits per heavy atom. The normalized spacial score (nSPS) is 28.9. The lowest BCUT2D eigenvalue weighted by molar-refractivity contribution is -0.0415. The van der Waals surface area contributed by atoms with Crippen LogP contribution in [0, 0.1) is 11.3 Å². The van der Waals surface area contributed by atoms with E-state index < -0.39 is 0 Å². The van der Waals surface area contributed by atoms with Gasteiger partial charge in [0, 0.05) is 25.7 Å². The van der Waals surface area contributed by atoms with Crippen molar-refractivity contribution in [2.45, 2.75) is 84.9 Å². The van der Waals surface area contributed by atoms with Gasteiger partial charge in [0.25, 0.3) is 0 Å². The van der Waals surface area contributed by atoms with Crippen molar-refractivity contribution in [3.05, 3.63) is 0 Å². The fraction of sp³-hybridized carbons (Fsp3) is 1.00. The van der Waals surface area contributed by atoms with E-state index in [1.165, 1.54) is 6.42 Å². The molecule has 0 aromatic rings. The number of aliphatic hydroxyl groups excluding tert-OH is 1. The molecule has 21 heavy (non-hydrogen) atoms. The summed E-state index contributed by atoms with van der Waals surface area (Å²) < 4.78 is 5.29. The number of hydrogen-bond donors (Lipinski definition) is 1. The molecule has 0 aromatic carbocycles. The fourth-order valence-electron chi connectivity index (χ4n) is 3.63. The Morgan fingerprint density at radius 1 is 1.29 bits per heavy atom. The predicted octanol–water partition coefficient (Wildman–Crippen LogP) is 3.70. The molecule has 0 bridgehead atoms. The summed E-state index contributed by atoms with van der Waals surface area (Å²) in [7, 11) is 1.76. The van der Waals surface area contributed by atoms with Crippen molar-refractivity contribution in [3.63, 3.8) is 0 Å². The summed E-state index contributed by atoms with van der Waals surface area (Å²) in [5, 5.41) is 10.6. The molecule has 0 spiro atoms. The molecule has 0 aromatic heterocycles. The second kappa shape index (κ2) is 8.50. The van der Waals surface area contributed by atoms with E-state index >= 15 is 0 Å². The maximum atomic E-state index is 10.6. The molecule has 1 aliphatic rings. The van der Waals surface area contributed by atoms with E-state index in [1.807, 2.05) is 0 Å². The van der Waals surface area contributed by atoms with Crippen molar-refractivity contribution < 1.29 is 9.84 Å². The lowest BCUT2D eigenvalue weighted by Crippen LogP contribution is -2.53. The minimum atomic E-state index is -0.181. The zero-order valence-corrected chi connectivity index (χ0v) is 15.1. The van der Waals surface area contributed by atoms with Gasteiger partial charge in [0.2, 0.25) is 0 Å². The van der Waals surface area contributed by atoms with Crippen LogP contribution in [-0.2, 0) is 4.74 Å². The smallest absolute Gasteiger partial charge is 0.0695 e. The first-order valence-electron chi connectivity index (χ1n) is 8.80. The molecule has 0 aliphatic heterocycles. The van der Waals surface area contributed by atoms with Crippen LogP contribution in [0.25, 0.3) is 0 Å². The SMILES string of the molecule is CCC(C)N(CCOC)C1CC(C(C)(C)CC)CCC1O. The minimum Gasteiger partial charge on any atom is -0.391 e. The number of nitrogens with zero attached hydrogens (tertiary/aromatic N) is 1. The van der Waals surface area contributed by atoms with E-state index in [0.717, 1.165) is 38.8 Å². The molecule has 0 radical (unpaired) electrons. The standard InChI is InChI=1S/C18H37NO2/c1-7-14(3)19(11-12-21-6)16-13-15(9-10-17(16)20)18(4,5)8-2/h14-17,20H,7-13H2,1-6H3. The Balaban J connectivity index is 2.83. The van der Waals surface area contributed by atoms with Crippen molar-refractivity contribution in [1.29, 1.82) is 0 Å². The molecule has 0 heterocycles. The minimum absolute atomic E-state index is 0.181. The number of methoxy groups -OCH3 is 1. The van der Waals surface area contributed by atoms with Gasteiger partial charge in [-0.1, -0.05) is 34.1 Å². The Labute approximate surface area is 132 Å². The van der Waals surface area contributed by atoms with Crippen molar-refractivity contribution >= 4 is 0 Å². The summed E-state index contributed by atoms with van der Waals surface area (Å²) in [6, 6.07) is 0.794. The van der Waals surface area contributed by atoms with Crippen LogP contribution < -0.4 is 0 Å². The van der Waals surface area contributed by atoms with E-state index in [1.54, 1.807) is 7.11 Å². The molecule has 0 saturated heterocycles. The summed E-state index contributed by atoms with van der Waals surface area (Å²) >= 11 is 0. The van der Waals surface area contributed by atoms with Gasteiger partial charge in [-0.25, -0.2) is 0 Å². The van der Waals surface area contributed by atoms with Crippen LogP contribution in [0.2, 0.25) is 0 Å². The van der Waals surface area contributed by atoms with E-state index in [9.17, 15) is 5.11 Å². The van der Waals surface area contributed by atoms with E-state index in [0.29, 0.717) is 23.4 Å². The zero-order chi connectivity index (χ0) is 16.0. The van der Waals surface area contributed by atoms with E-state index in [2.05, 4.69) is 39.5 Å². The topological polar surface area (TPSA) is 32.7 Å². The summed E-state index contributed by atoms with van der Waals surface area (Å²) in [4.78, 5) is 2.49. The zero-order valence-electron chi connectivity index (χ0n) is 15.1. The van der Waals surface area contributed by atoms with Gasteiger partial charge >= 0.3 is 0 Å². The van der Waals surface area contributed by atoms with Crippen LogP contribution >= 0.6 is 0 Å². The first kappa shape index (κ1) is 18.9. The van der Waals surface area contributed by atoms with Crippen LogP contribution in [0.15, 0.2) is 0 Å². The van der Waals surface area contributed by atoms with Gasteiger partial charge in [-0.05, 0) is 43.9 Å². The average molecular weight is 299 g/mol. The number of aliphatic hydroxyl groups is 1. The molecule has 3 nitrogen and oxygen atoms in total. The van der Waals surface area contributed by atoms with Gasteiger partial charge < -0.3 is 9.84 Å². The molecule has 1 rings (SSSR count). The molecule has 4 unspecified atom stereocenters. The highest BCUT2D eigenvalue weighted by Crippen LogP contribution is 2.42. The lowest BCUT2D eigenvalue weighted by Gasteiger charge is -2.47. The first-order valence-corrected chi connectivity index (χ1v) is 8.80. The fourth-order valence-corrected chi connectivity index (χ4v) is 3.63. The second-order valence-electron chi connectivity index (χ2n) is 7.47. The number of rotatable bonds is 8. The molecule has 1 aliphatic carbocycles. The Morgan fingerprint density at radius 2 is 1.95 bits per heavy atom. The summed E-state index contributed by atoms with van der Waals surface area (Å²) in [5.41, 5.74) is 0.376. The maximum absolute atomic E-state index is 10.6. The highest BCUT2D eigenvalue weighted by atomic mass is 16.5. The monoisotopic (exact) mass is 299 g/mol. The lowest BCUT2D eigenvalue weighted by atomic mass is 9.67. The van der Waals surface area contributed by atoms with Gasteiger partial charge in [-0.15, -0.1) is 0 Å². The molecule has 126 valence electrons. The van der Waals surface area contributed by atoms with Crippen molar-refractivity contribution in [2.75, 3.05) is 20.3 Å². The third-order valence-corrected chi connectivity index (χ3v) is 5.93. The molecule has 4 atom stereocenters. The Bertz CT molecular complexity index is 293. The van der Waals surface area contributed by atoms with Gasteiger partial charge in [0.05, 0.1) is 12.7 Å². The van der Waals surface area contributed by atoms with Gasteiger partial charge in [0.1, 0.15) is 0 Å². The molecule has 1 N–H and O–H groups in total. The van der Waals surface area contributed by atoms with Gasteiger partial charge in [-0.3, -0.25) is 4.90 Å². The van der Waals surface area contributed by atoms with E-state index in [-0.39, 0.29) is 6.10 Å². The molecular formula is C18H37NO2. The van der Waals surface area contributed by atoms with Crippen LogP contribution in [0.4, 0.5) is 0 Å². The third kappa shape index (κ3) is 4.94. The number of hydrogen-bond acceptors (Lipinski definition) is 3. The molecule has 1 fully saturated rings. The van der Waals surface area contributed by atoms with Gasteiger partial charge in [0.15, 0.2) is 0 Å². The Hall–Kier alpha value is -0.120. The van der Waals surface area contributed by atoms with E-state index in [4.69, 9.17) is 4.74 Å². The van der Waals surface area contributed by atoms with Crippen LogP contribution in [0.5, 0.6) is 0 Å². The second-order valence-corrected chi connectivity index (χ2v) is 7.47. The quantitative estimate of drug-likeness (QED) is 0.742. The Kier molecular flexibility index (Phi) is 7.66. The van der Waals surface area contributed by atoms with Crippen LogP contribution in [0.1, 0.15) is 66.7 Å². The number of ether oxygens (including phenoxy) is 1. The van der Waals surface area contributed by atoms with Crippen molar-refractivity contribution in [2.24, 2.45) is 11.3 Å². The molecular weight excluding hydrogens is 262 g/mol. The molecule has 1 saturated carbocycles. The van der Waals surface area contributed by atoms with Crippen LogP contribution in [0.3, 0.4) is 0 Å².